The molecule has 0 fully saturated rings. The first-order valence-electron chi connectivity index (χ1n) is 44.2. The molecule has 0 saturated carbocycles. The number of carbonyl (C=O) groups is 17. The molecule has 0 saturated heterocycles. The smallest absolute Gasteiger partial charge is 0.305 e. The Morgan fingerprint density at radius 3 is 1.21 bits per heavy atom. The van der Waals surface area contributed by atoms with E-state index in [1.54, 1.807) is 85.1 Å². The van der Waals surface area contributed by atoms with Crippen molar-refractivity contribution in [1.82, 2.24) is 95.0 Å². The predicted molar refractivity (Wildman–Crippen MR) is 508 cm³/mol. The van der Waals surface area contributed by atoms with Gasteiger partial charge in [0.15, 0.2) is 11.9 Å². The third-order valence-corrected chi connectivity index (χ3v) is 22.0. The van der Waals surface area contributed by atoms with Crippen LogP contribution in [-0.2, 0) is 112 Å². The summed E-state index contributed by atoms with van der Waals surface area (Å²) in [5.41, 5.74) is 36.5. The lowest BCUT2D eigenvalue weighted by Crippen LogP contribution is -2.61. The van der Waals surface area contributed by atoms with E-state index >= 15 is 19.2 Å². The summed E-state index contributed by atoms with van der Waals surface area (Å²) in [4.78, 5) is 243. The summed E-state index contributed by atoms with van der Waals surface area (Å²) in [5, 5.41) is 78.2. The molecule has 136 heavy (non-hydrogen) atoms. The van der Waals surface area contributed by atoms with Gasteiger partial charge in [0.1, 0.15) is 78.3 Å². The number of aliphatic carboxylic acids is 1. The molecule has 0 unspecified atom stereocenters. The van der Waals surface area contributed by atoms with E-state index in [4.69, 9.17) is 50.0 Å². The molecule has 34 N–H and O–H groups in total. The molecule has 2 aromatic heterocycles. The SMILES string of the molecule is CC(=O)N[C@@H](CS)C(=O)N[C@@H](CCCNC(=N)N)C(=O)N[C@@H](CC(=O)O)C(=O)N[C@@H](Cc1c[nH]c2ccccc12)C(=O)N[C@@H](CCC(N)=O)C(=O)N[C@@H](CS)C(=O)N[C@@H](Cc1ccc(O)cc1)C(=O)N[C@@H](Cc1c[nH]c2ccccc12)C(=O)N[C@H](CCCNC(=N)N)C(=O)N[C@@H](CCCCN)C(=O)N[C@@H](Cc1ccccc1)C(=O)NCC(=O)NCCOCCC(=O)N[C@H](CCCCN)C(N)=O. The van der Waals surface area contributed by atoms with Crippen LogP contribution >= 0.6 is 25.3 Å². The van der Waals surface area contributed by atoms with E-state index in [9.17, 15) is 72.5 Å². The number of para-hydroxylation sites is 2. The van der Waals surface area contributed by atoms with Crippen molar-refractivity contribution in [3.63, 3.8) is 0 Å². The van der Waals surface area contributed by atoms with Crippen LogP contribution in [0.25, 0.3) is 21.8 Å². The van der Waals surface area contributed by atoms with Crippen molar-refractivity contribution in [1.29, 1.82) is 10.8 Å². The third-order valence-electron chi connectivity index (χ3n) is 21.3. The Labute approximate surface area is 794 Å². The number of hydrogen-bond acceptors (Lipinski definition) is 25. The van der Waals surface area contributed by atoms with Gasteiger partial charge in [-0.05, 0) is 130 Å². The molecule has 12 atom stereocenters. The van der Waals surface area contributed by atoms with Gasteiger partial charge in [-0.15, -0.1) is 0 Å². The second-order valence-electron chi connectivity index (χ2n) is 32.0. The number of benzene rings is 4. The Kier molecular flexibility index (Phi) is 47.8. The fraction of sp³-hybridized carbons (Fsp3) is 0.466. The molecule has 4 aromatic carbocycles. The van der Waals surface area contributed by atoms with Crippen LogP contribution in [0.1, 0.15) is 119 Å². The average Bonchev–Trinajstić information content (AvgIpc) is 1.66. The molecular formula is C88H126N26O20S2. The molecule has 6 rings (SSSR count). The highest BCUT2D eigenvalue weighted by Crippen LogP contribution is 2.23. The number of phenolic OH excluding ortho intramolecular Hbond substituents is 1. The van der Waals surface area contributed by atoms with Crippen LogP contribution in [0.15, 0.2) is 116 Å². The minimum atomic E-state index is -2.01. The number of H-pyrrole nitrogens is 2. The number of carbonyl (C=O) groups excluding carboxylic acids is 16. The summed E-state index contributed by atoms with van der Waals surface area (Å²) >= 11 is 8.53. The predicted octanol–water partition coefficient (Wildman–Crippen LogP) is -5.03. The fourth-order valence-electron chi connectivity index (χ4n) is 14.2. The zero-order valence-corrected chi connectivity index (χ0v) is 77.1. The number of rotatable bonds is 63. The van der Waals surface area contributed by atoms with Crippen LogP contribution in [-0.4, -0.2) is 269 Å². The van der Waals surface area contributed by atoms with Crippen molar-refractivity contribution in [3.8, 4) is 5.75 Å². The molecule has 46 nitrogen and oxygen atoms in total. The van der Waals surface area contributed by atoms with Gasteiger partial charge in [0.25, 0.3) is 0 Å². The van der Waals surface area contributed by atoms with E-state index in [1.807, 2.05) is 0 Å². The molecule has 0 aliphatic heterocycles. The maximum atomic E-state index is 15.5. The van der Waals surface area contributed by atoms with Crippen LogP contribution in [0.5, 0.6) is 5.75 Å². The summed E-state index contributed by atoms with van der Waals surface area (Å²) in [5.74, 6) is -18.2. The van der Waals surface area contributed by atoms with E-state index in [0.29, 0.717) is 76.3 Å². The van der Waals surface area contributed by atoms with Crippen LogP contribution in [0, 0.1) is 10.8 Å². The second-order valence-corrected chi connectivity index (χ2v) is 32.7. The van der Waals surface area contributed by atoms with Crippen molar-refractivity contribution < 1.29 is 96.5 Å². The topological polar surface area (TPSA) is 768 Å². The largest absolute Gasteiger partial charge is 0.508 e. The highest BCUT2D eigenvalue weighted by atomic mass is 32.1. The molecule has 0 spiro atoms. The summed E-state index contributed by atoms with van der Waals surface area (Å²) in [6.45, 7) is 0.985. The van der Waals surface area contributed by atoms with E-state index in [-0.39, 0.29) is 109 Å². The van der Waals surface area contributed by atoms with Gasteiger partial charge in [-0.1, -0.05) is 78.9 Å². The lowest BCUT2D eigenvalue weighted by Gasteiger charge is -2.28. The van der Waals surface area contributed by atoms with Crippen LogP contribution in [0.2, 0.25) is 0 Å². The highest BCUT2D eigenvalue weighted by Gasteiger charge is 2.39. The fourth-order valence-corrected chi connectivity index (χ4v) is 14.7. The number of ether oxygens (including phenoxy) is 1. The molecule has 48 heteroatoms. The zero-order valence-electron chi connectivity index (χ0n) is 75.3. The van der Waals surface area contributed by atoms with Gasteiger partial charge < -0.3 is 144 Å². The quantitative estimate of drug-likeness (QED) is 0.00736. The molecule has 6 aromatic rings. The molecule has 0 aliphatic carbocycles. The van der Waals surface area contributed by atoms with E-state index in [2.05, 4.69) is 120 Å². The minimum absolute atomic E-state index is 0.00581. The molecule has 0 radical (unpaired) electrons. The number of amides is 16. The number of nitrogens with one attached hydrogen (secondary N) is 20. The van der Waals surface area contributed by atoms with Gasteiger partial charge in [-0.3, -0.25) is 92.3 Å². The van der Waals surface area contributed by atoms with Gasteiger partial charge in [-0.25, -0.2) is 0 Å². The van der Waals surface area contributed by atoms with Gasteiger partial charge in [0.2, 0.25) is 94.5 Å². The Morgan fingerprint density at radius 1 is 0.382 bits per heavy atom. The van der Waals surface area contributed by atoms with Crippen molar-refractivity contribution in [2.45, 2.75) is 195 Å². The number of fused-ring (bicyclic) bond motifs is 2. The summed E-state index contributed by atoms with van der Waals surface area (Å²) < 4.78 is 5.50. The van der Waals surface area contributed by atoms with Crippen molar-refractivity contribution in [2.24, 2.45) is 34.4 Å². The molecule has 16 amide bonds. The Hall–Kier alpha value is -14.1. The maximum Gasteiger partial charge on any atom is 0.305 e. The number of nitrogens with two attached hydrogens (primary N) is 6. The maximum absolute atomic E-state index is 15.5. The number of aromatic nitrogens is 2. The average molecular weight is 1930 g/mol. The summed E-state index contributed by atoms with van der Waals surface area (Å²) in [6.07, 6.45) is 1.15. The second kappa shape index (κ2) is 58.8. The number of thiol groups is 2. The number of phenols is 1. The number of carboxylic acid groups (broad SMARTS) is 1. The normalized spacial score (nSPS) is 13.7. The standard InChI is InChI=1S/C88H126N26O20S2/c1-49(115)103-69(47-135)85(132)107-62(24-14-35-99-88(95)96)79(126)113-68(43-74(120)121)84(131)112-67(42-53-45-101-58-20-8-6-18-56(53)58)83(130)108-63(29-30-71(91)117)80(127)114-70(48-136)86(133)110-65(40-51-25-27-54(116)28-26-51)81(128)111-66(41-52-44-100-57-19-7-5-17-55(52)57)82(129)106-61(23-13-34-98-87(93)94)77(124)105-60(22-10-12-33-90)78(125)109-64(39-50-15-3-2-4-16-50)76(123)102-46-73(119)97-36-38-134-37-31-72(118)104-59(75(92)122)21-9-11-32-89/h2-8,15-20,25-28,44-45,59-70,100-101,116,135-136H,9-14,21-24,29-43,46-48,89-90H2,1H3,(H2,91,117)(H2,92,122)(H,97,119)(H,102,123)(H,103,115)(H,104,118)(H,105,124)(H,106,129)(H,107,132)(H,108,130)(H,109,125)(H,110,133)(H,111,128)(H,112,131)(H,113,126)(H,114,127)(H,120,121)(H4,93,94,98)(H4,95,96,99)/t59-,60+,61-,62+,63+,64+,65+,66+,67+,68+,69+,70+/m1/s1. The Balaban J connectivity index is 1.27. The van der Waals surface area contributed by atoms with Crippen LogP contribution in [0.3, 0.4) is 0 Å². The highest BCUT2D eigenvalue weighted by molar-refractivity contribution is 7.80. The number of unbranched alkanes of at least 4 members (excludes halogenated alkanes) is 2. The zero-order chi connectivity index (χ0) is 99.8. The number of guanidine groups is 2. The van der Waals surface area contributed by atoms with E-state index < -0.39 is 229 Å². The molecule has 740 valence electrons. The van der Waals surface area contributed by atoms with Crippen molar-refractivity contribution in [2.75, 3.05) is 64.0 Å². The molecular weight excluding hydrogens is 1810 g/mol. The lowest BCUT2D eigenvalue weighted by atomic mass is 10.0. The summed E-state index contributed by atoms with van der Waals surface area (Å²) in [6, 6.07) is 8.88. The third kappa shape index (κ3) is 39.6. The van der Waals surface area contributed by atoms with Crippen LogP contribution in [0.4, 0.5) is 0 Å². The first-order chi connectivity index (χ1) is 65.0. The monoisotopic (exact) mass is 1930 g/mol. The first-order valence-corrected chi connectivity index (χ1v) is 45.5. The number of hydrogen-bond donors (Lipinski definition) is 30. The number of aromatic hydroxyl groups is 1. The van der Waals surface area contributed by atoms with Crippen LogP contribution < -0.4 is 119 Å². The van der Waals surface area contributed by atoms with Crippen molar-refractivity contribution in [3.05, 3.63) is 138 Å². The lowest BCUT2D eigenvalue weighted by molar-refractivity contribution is -0.141. The number of aromatic amines is 2. The molecule has 0 bridgehead atoms. The molecule has 0 aliphatic rings. The number of carboxylic acids is 1. The summed E-state index contributed by atoms with van der Waals surface area (Å²) in [7, 11) is 0. The van der Waals surface area contributed by atoms with Gasteiger partial charge in [-0.2, -0.15) is 25.3 Å². The van der Waals surface area contributed by atoms with E-state index in [1.165, 1.54) is 30.5 Å². The minimum Gasteiger partial charge on any atom is -0.508 e. The first kappa shape index (κ1) is 111. The number of primary amides is 2. The van der Waals surface area contributed by atoms with Gasteiger partial charge in [0.05, 0.1) is 26.2 Å². The van der Waals surface area contributed by atoms with Crippen molar-refractivity contribution >= 4 is 159 Å². The van der Waals surface area contributed by atoms with Gasteiger partial charge >= 0.3 is 5.97 Å². The Bertz CT molecular complexity index is 5070. The Morgan fingerprint density at radius 2 is 0.765 bits per heavy atom. The van der Waals surface area contributed by atoms with E-state index in [0.717, 1.165) is 6.92 Å². The van der Waals surface area contributed by atoms with Gasteiger partial charge in [0, 0.05) is 111 Å². The molecule has 2 heterocycles.